The minimum atomic E-state index is -0.504. The second-order valence-electron chi connectivity index (χ2n) is 7.25. The number of carbonyl (C=O) groups is 1. The number of nitrogens with two attached hydrogens (primary N) is 1. The first-order valence-electron chi connectivity index (χ1n) is 9.25. The lowest BCUT2D eigenvalue weighted by Gasteiger charge is -2.26. The molecule has 0 aliphatic carbocycles. The van der Waals surface area contributed by atoms with Gasteiger partial charge in [-0.15, -0.1) is 10.2 Å². The van der Waals surface area contributed by atoms with E-state index in [1.165, 1.54) is 11.3 Å². The number of methoxy groups -OCH3 is 1. The summed E-state index contributed by atoms with van der Waals surface area (Å²) < 4.78 is 11.0. The van der Waals surface area contributed by atoms with Crippen LogP contribution >= 0.6 is 11.3 Å². The fourth-order valence-corrected chi connectivity index (χ4v) is 4.69. The first-order chi connectivity index (χ1) is 13.6. The monoisotopic (exact) mass is 404 g/mol. The third-order valence-corrected chi connectivity index (χ3v) is 6.25. The molecule has 0 aromatic carbocycles. The van der Waals surface area contributed by atoms with E-state index in [-0.39, 0.29) is 11.8 Å². The Labute approximate surface area is 167 Å². The summed E-state index contributed by atoms with van der Waals surface area (Å²) in [5.74, 6) is 0.867. The fraction of sp³-hybridized carbons (Fsp3) is 0.556. The molecule has 0 unspecified atom stereocenters. The number of anilines is 1. The standard InChI is InChI=1S/C18H24N6O3S/c1-26-15-12(3-2-5-20-15)7-24-8-13-9-27-11-18(13,10-24)16(25)21-6-4-14-22-23-17(19)28-14/h2-3,5,13H,4,6-11H2,1H3,(H2,19,23)(H,21,25)/t13-,18-/m1/s1. The van der Waals surface area contributed by atoms with E-state index in [0.29, 0.717) is 50.3 Å². The van der Waals surface area contributed by atoms with E-state index in [1.54, 1.807) is 13.3 Å². The van der Waals surface area contributed by atoms with Crippen LogP contribution in [0.25, 0.3) is 0 Å². The molecule has 4 heterocycles. The molecular formula is C18H24N6O3S. The SMILES string of the molecule is COc1ncccc1CN1C[C@@H]2COC[C@]2(C(=O)NCCc2nnc(N)s2)C1. The Morgan fingerprint density at radius 2 is 2.43 bits per heavy atom. The van der Waals surface area contributed by atoms with Crippen molar-refractivity contribution in [2.45, 2.75) is 13.0 Å². The third-order valence-electron chi connectivity index (χ3n) is 5.44. The highest BCUT2D eigenvalue weighted by Gasteiger charge is 2.55. The van der Waals surface area contributed by atoms with Crippen molar-refractivity contribution in [1.29, 1.82) is 0 Å². The number of aromatic nitrogens is 3. The highest BCUT2D eigenvalue weighted by molar-refractivity contribution is 7.15. The smallest absolute Gasteiger partial charge is 0.230 e. The topological polar surface area (TPSA) is 115 Å². The average molecular weight is 404 g/mol. The van der Waals surface area contributed by atoms with Crippen LogP contribution in [0.2, 0.25) is 0 Å². The van der Waals surface area contributed by atoms with E-state index in [4.69, 9.17) is 15.2 Å². The van der Waals surface area contributed by atoms with Gasteiger partial charge in [-0.3, -0.25) is 9.69 Å². The minimum absolute atomic E-state index is 0.0492. The summed E-state index contributed by atoms with van der Waals surface area (Å²) in [6, 6.07) is 3.91. The predicted molar refractivity (Wildman–Crippen MR) is 104 cm³/mol. The molecule has 0 radical (unpaired) electrons. The van der Waals surface area contributed by atoms with Gasteiger partial charge in [0.1, 0.15) is 5.01 Å². The summed E-state index contributed by atoms with van der Waals surface area (Å²) >= 11 is 1.35. The lowest BCUT2D eigenvalue weighted by molar-refractivity contribution is -0.131. The van der Waals surface area contributed by atoms with Crippen LogP contribution in [0, 0.1) is 11.3 Å². The molecule has 0 saturated carbocycles. The van der Waals surface area contributed by atoms with Gasteiger partial charge in [-0.2, -0.15) is 0 Å². The van der Waals surface area contributed by atoms with Crippen LogP contribution in [0.3, 0.4) is 0 Å². The van der Waals surface area contributed by atoms with Gasteiger partial charge in [0.05, 0.1) is 25.7 Å². The zero-order valence-corrected chi connectivity index (χ0v) is 16.6. The first kappa shape index (κ1) is 19.0. The molecule has 2 aromatic heterocycles. The Balaban J connectivity index is 1.38. The minimum Gasteiger partial charge on any atom is -0.481 e. The van der Waals surface area contributed by atoms with Gasteiger partial charge in [-0.1, -0.05) is 17.4 Å². The maximum atomic E-state index is 13.1. The number of amides is 1. The normalized spacial score (nSPS) is 24.2. The third kappa shape index (κ3) is 3.67. The zero-order valence-electron chi connectivity index (χ0n) is 15.8. The van der Waals surface area contributed by atoms with Crippen LogP contribution in [-0.2, 0) is 22.5 Å². The maximum absolute atomic E-state index is 13.1. The molecule has 10 heteroatoms. The quantitative estimate of drug-likeness (QED) is 0.678. The molecule has 0 bridgehead atoms. The van der Waals surface area contributed by atoms with Crippen molar-refractivity contribution in [2.75, 3.05) is 45.7 Å². The summed E-state index contributed by atoms with van der Waals surface area (Å²) in [5.41, 5.74) is 6.12. The summed E-state index contributed by atoms with van der Waals surface area (Å²) in [6.45, 7) is 3.76. The van der Waals surface area contributed by atoms with Crippen molar-refractivity contribution < 1.29 is 14.3 Å². The molecule has 28 heavy (non-hydrogen) atoms. The number of pyridine rings is 1. The van der Waals surface area contributed by atoms with E-state index in [0.717, 1.165) is 17.1 Å². The summed E-state index contributed by atoms with van der Waals surface area (Å²) in [6.07, 6.45) is 2.34. The number of ether oxygens (including phenoxy) is 2. The maximum Gasteiger partial charge on any atom is 0.230 e. The molecule has 2 aromatic rings. The summed E-state index contributed by atoms with van der Waals surface area (Å²) in [5, 5.41) is 12.1. The predicted octanol–water partition coefficient (Wildman–Crippen LogP) is 0.331. The van der Waals surface area contributed by atoms with Crippen molar-refractivity contribution in [2.24, 2.45) is 11.3 Å². The number of fused-ring (bicyclic) bond motifs is 1. The molecule has 0 spiro atoms. The Morgan fingerprint density at radius 3 is 3.21 bits per heavy atom. The second-order valence-corrected chi connectivity index (χ2v) is 8.34. The molecule has 1 amide bonds. The molecule has 2 aliphatic rings. The van der Waals surface area contributed by atoms with Gasteiger partial charge in [0.15, 0.2) is 0 Å². The van der Waals surface area contributed by atoms with Crippen LogP contribution < -0.4 is 15.8 Å². The summed E-state index contributed by atoms with van der Waals surface area (Å²) in [7, 11) is 1.62. The zero-order chi connectivity index (χ0) is 19.6. The number of nitrogens with zero attached hydrogens (tertiary/aromatic N) is 4. The number of hydrogen-bond donors (Lipinski definition) is 2. The second kappa shape index (κ2) is 7.98. The lowest BCUT2D eigenvalue weighted by Crippen LogP contribution is -2.47. The van der Waals surface area contributed by atoms with E-state index < -0.39 is 5.41 Å². The fourth-order valence-electron chi connectivity index (χ4n) is 4.08. The molecule has 9 nitrogen and oxygen atoms in total. The highest BCUT2D eigenvalue weighted by Crippen LogP contribution is 2.42. The number of rotatable bonds is 7. The van der Waals surface area contributed by atoms with Crippen LogP contribution in [0.15, 0.2) is 18.3 Å². The Bertz CT molecular complexity index is 846. The van der Waals surface area contributed by atoms with Crippen molar-refractivity contribution in [3.8, 4) is 5.88 Å². The molecule has 4 rings (SSSR count). The van der Waals surface area contributed by atoms with Crippen molar-refractivity contribution in [3.63, 3.8) is 0 Å². The van der Waals surface area contributed by atoms with Gasteiger partial charge < -0.3 is 20.5 Å². The van der Waals surface area contributed by atoms with Crippen LogP contribution in [0.1, 0.15) is 10.6 Å². The number of nitrogen functional groups attached to an aromatic ring is 1. The van der Waals surface area contributed by atoms with Gasteiger partial charge in [-0.05, 0) is 6.07 Å². The van der Waals surface area contributed by atoms with Gasteiger partial charge >= 0.3 is 0 Å². The Kier molecular flexibility index (Phi) is 5.42. The van der Waals surface area contributed by atoms with E-state index in [1.807, 2.05) is 12.1 Å². The van der Waals surface area contributed by atoms with E-state index in [2.05, 4.69) is 25.4 Å². The molecule has 2 saturated heterocycles. The highest BCUT2D eigenvalue weighted by atomic mass is 32.1. The Hall–Kier alpha value is -2.30. The number of likely N-dealkylation sites (tertiary alicyclic amines) is 1. The number of nitrogens with one attached hydrogen (secondary N) is 1. The molecule has 3 N–H and O–H groups in total. The van der Waals surface area contributed by atoms with Gasteiger partial charge in [0.25, 0.3) is 0 Å². The Morgan fingerprint density at radius 1 is 1.54 bits per heavy atom. The van der Waals surface area contributed by atoms with Gasteiger partial charge in [-0.25, -0.2) is 4.98 Å². The molecule has 2 atom stereocenters. The van der Waals surface area contributed by atoms with Crippen molar-refractivity contribution in [1.82, 2.24) is 25.4 Å². The lowest BCUT2D eigenvalue weighted by atomic mass is 9.80. The summed E-state index contributed by atoms with van der Waals surface area (Å²) in [4.78, 5) is 19.6. The van der Waals surface area contributed by atoms with Crippen molar-refractivity contribution >= 4 is 22.4 Å². The van der Waals surface area contributed by atoms with E-state index in [9.17, 15) is 4.79 Å². The first-order valence-corrected chi connectivity index (χ1v) is 10.1. The molecule has 2 fully saturated rings. The van der Waals surface area contributed by atoms with Crippen LogP contribution in [0.5, 0.6) is 5.88 Å². The molecule has 2 aliphatic heterocycles. The van der Waals surface area contributed by atoms with Gasteiger partial charge in [0.2, 0.25) is 16.9 Å². The van der Waals surface area contributed by atoms with E-state index >= 15 is 0 Å². The average Bonchev–Trinajstić information content (AvgIpc) is 3.36. The molecule has 150 valence electrons. The van der Waals surface area contributed by atoms with Gasteiger partial charge in [0, 0.05) is 50.3 Å². The molecular weight excluding hydrogens is 380 g/mol. The van der Waals surface area contributed by atoms with Crippen molar-refractivity contribution in [3.05, 3.63) is 28.9 Å². The van der Waals surface area contributed by atoms with Crippen LogP contribution in [0.4, 0.5) is 5.13 Å². The number of carbonyl (C=O) groups excluding carboxylic acids is 1. The number of hydrogen-bond acceptors (Lipinski definition) is 9. The largest absolute Gasteiger partial charge is 0.481 e. The van der Waals surface area contributed by atoms with Crippen LogP contribution in [-0.4, -0.2) is 65.9 Å².